The molecule has 1 aromatic carbocycles. The van der Waals surface area contributed by atoms with Gasteiger partial charge in [-0.3, -0.25) is 9.59 Å². The first-order chi connectivity index (χ1) is 12.6. The van der Waals surface area contributed by atoms with E-state index in [1.165, 1.54) is 6.42 Å². The molecule has 3 rings (SSSR count). The summed E-state index contributed by atoms with van der Waals surface area (Å²) in [5, 5.41) is 15.7. The largest absolute Gasteiger partial charge is 0.481 e. The van der Waals surface area contributed by atoms with Crippen molar-refractivity contribution in [3.63, 3.8) is 0 Å². The molecule has 2 saturated carbocycles. The van der Waals surface area contributed by atoms with Crippen LogP contribution in [0.5, 0.6) is 0 Å². The number of carbonyl (C=O) groups excluding carboxylic acids is 1. The topological polar surface area (TPSA) is 78.4 Å². The lowest BCUT2D eigenvalue weighted by Gasteiger charge is -2.27. The summed E-state index contributed by atoms with van der Waals surface area (Å²) < 4.78 is 0. The molecule has 5 heteroatoms. The summed E-state index contributed by atoms with van der Waals surface area (Å²) >= 11 is 0. The Morgan fingerprint density at radius 3 is 2.38 bits per heavy atom. The number of anilines is 1. The van der Waals surface area contributed by atoms with E-state index in [0.29, 0.717) is 6.04 Å². The van der Waals surface area contributed by atoms with Crippen LogP contribution < -0.4 is 10.6 Å². The smallest absolute Gasteiger partial charge is 0.306 e. The van der Waals surface area contributed by atoms with Gasteiger partial charge >= 0.3 is 5.97 Å². The quantitative estimate of drug-likeness (QED) is 0.720. The summed E-state index contributed by atoms with van der Waals surface area (Å²) in [7, 11) is 0. The van der Waals surface area contributed by atoms with Crippen LogP contribution in [0.4, 0.5) is 5.69 Å². The fourth-order valence-electron chi connectivity index (χ4n) is 4.17. The van der Waals surface area contributed by atoms with E-state index >= 15 is 0 Å². The molecule has 0 aliphatic heterocycles. The zero-order valence-electron chi connectivity index (χ0n) is 15.4. The Labute approximate surface area is 155 Å². The maximum Gasteiger partial charge on any atom is 0.306 e. The van der Waals surface area contributed by atoms with Gasteiger partial charge in [0.15, 0.2) is 0 Å². The number of amides is 1. The zero-order valence-corrected chi connectivity index (χ0v) is 15.4. The van der Waals surface area contributed by atoms with E-state index in [1.54, 1.807) is 0 Å². The lowest BCUT2D eigenvalue weighted by molar-refractivity contribution is -0.142. The van der Waals surface area contributed by atoms with Gasteiger partial charge in [-0.1, -0.05) is 31.4 Å². The number of nitrogens with one attached hydrogen (secondary N) is 2. The van der Waals surface area contributed by atoms with Crippen LogP contribution in [0.3, 0.4) is 0 Å². The molecule has 5 nitrogen and oxygen atoms in total. The van der Waals surface area contributed by atoms with Gasteiger partial charge in [0, 0.05) is 24.2 Å². The molecular weight excluding hydrogens is 328 g/mol. The van der Waals surface area contributed by atoms with Crippen LogP contribution in [0, 0.1) is 11.8 Å². The zero-order chi connectivity index (χ0) is 18.4. The monoisotopic (exact) mass is 358 g/mol. The number of benzene rings is 1. The Balaban J connectivity index is 1.47. The second-order valence-electron chi connectivity index (χ2n) is 7.79. The standard InChI is InChI=1S/C21H30N2O3/c24-20(16-6-2-1-3-7-16)23-19-8-4-5-15(13-19)14-22-18-11-9-17(10-12-18)21(25)26/h4-5,8,13,16-18,22H,1-3,6-7,9-12,14H2,(H,23,24)(H,25,26). The molecule has 1 aromatic rings. The maximum atomic E-state index is 12.4. The summed E-state index contributed by atoms with van der Waals surface area (Å²) in [5.41, 5.74) is 2.02. The van der Waals surface area contributed by atoms with Crippen molar-refractivity contribution in [1.29, 1.82) is 0 Å². The number of carbonyl (C=O) groups is 2. The first-order valence-electron chi connectivity index (χ1n) is 9.98. The lowest BCUT2D eigenvalue weighted by Crippen LogP contribution is -2.34. The van der Waals surface area contributed by atoms with Gasteiger partial charge in [-0.15, -0.1) is 0 Å². The highest BCUT2D eigenvalue weighted by Crippen LogP contribution is 2.26. The number of hydrogen-bond acceptors (Lipinski definition) is 3. The molecular formula is C21H30N2O3. The second-order valence-corrected chi connectivity index (χ2v) is 7.79. The fourth-order valence-corrected chi connectivity index (χ4v) is 4.17. The molecule has 2 fully saturated rings. The van der Waals surface area contributed by atoms with E-state index in [4.69, 9.17) is 5.11 Å². The Morgan fingerprint density at radius 2 is 1.69 bits per heavy atom. The minimum Gasteiger partial charge on any atom is -0.481 e. The lowest BCUT2D eigenvalue weighted by atomic mass is 9.86. The van der Waals surface area contributed by atoms with Crippen molar-refractivity contribution in [3.05, 3.63) is 29.8 Å². The molecule has 3 N–H and O–H groups in total. The minimum atomic E-state index is -0.662. The van der Waals surface area contributed by atoms with Crippen molar-refractivity contribution >= 4 is 17.6 Å². The third-order valence-electron chi connectivity index (χ3n) is 5.84. The summed E-state index contributed by atoms with van der Waals surface area (Å²) in [4.78, 5) is 23.4. The molecule has 0 saturated heterocycles. The number of carboxylic acid groups (broad SMARTS) is 1. The minimum absolute atomic E-state index is 0.154. The van der Waals surface area contributed by atoms with E-state index < -0.39 is 5.97 Å². The Hall–Kier alpha value is -1.88. The predicted molar refractivity (Wildman–Crippen MR) is 102 cm³/mol. The van der Waals surface area contributed by atoms with Crippen molar-refractivity contribution in [2.75, 3.05) is 5.32 Å². The van der Waals surface area contributed by atoms with Gasteiger partial charge in [-0.25, -0.2) is 0 Å². The summed E-state index contributed by atoms with van der Waals surface area (Å²) in [5.74, 6) is -0.520. The highest BCUT2D eigenvalue weighted by atomic mass is 16.4. The Kier molecular flexibility index (Phi) is 6.67. The first kappa shape index (κ1) is 18.9. The number of rotatable bonds is 6. The van der Waals surface area contributed by atoms with E-state index in [0.717, 1.165) is 69.2 Å². The van der Waals surface area contributed by atoms with Crippen molar-refractivity contribution in [2.24, 2.45) is 11.8 Å². The van der Waals surface area contributed by atoms with Gasteiger partial charge in [-0.05, 0) is 56.2 Å². The average molecular weight is 358 g/mol. The maximum absolute atomic E-state index is 12.4. The Bertz CT molecular complexity index is 617. The highest BCUT2D eigenvalue weighted by molar-refractivity contribution is 5.92. The molecule has 0 spiro atoms. The molecule has 0 radical (unpaired) electrons. The van der Waals surface area contributed by atoms with Gasteiger partial charge in [0.25, 0.3) is 0 Å². The van der Waals surface area contributed by atoms with Crippen molar-refractivity contribution in [2.45, 2.75) is 70.4 Å². The van der Waals surface area contributed by atoms with E-state index in [2.05, 4.69) is 16.7 Å². The summed E-state index contributed by atoms with van der Waals surface area (Å²) in [6, 6.07) is 8.41. The van der Waals surface area contributed by atoms with E-state index in [1.807, 2.05) is 18.2 Å². The summed E-state index contributed by atoms with van der Waals surface area (Å²) in [6.07, 6.45) is 8.91. The third-order valence-corrected chi connectivity index (χ3v) is 5.84. The highest BCUT2D eigenvalue weighted by Gasteiger charge is 2.25. The van der Waals surface area contributed by atoms with Crippen molar-refractivity contribution in [1.82, 2.24) is 5.32 Å². The predicted octanol–water partition coefficient (Wildman–Crippen LogP) is 3.94. The molecule has 26 heavy (non-hydrogen) atoms. The van der Waals surface area contributed by atoms with Gasteiger partial charge in [-0.2, -0.15) is 0 Å². The van der Waals surface area contributed by atoms with E-state index in [9.17, 15) is 9.59 Å². The van der Waals surface area contributed by atoms with Gasteiger partial charge in [0.2, 0.25) is 5.91 Å². The molecule has 2 aliphatic carbocycles. The molecule has 1 amide bonds. The average Bonchev–Trinajstić information content (AvgIpc) is 2.67. The van der Waals surface area contributed by atoms with Crippen LogP contribution >= 0.6 is 0 Å². The van der Waals surface area contributed by atoms with Crippen LogP contribution in [0.25, 0.3) is 0 Å². The molecule has 2 aliphatic rings. The molecule has 0 bridgehead atoms. The fraction of sp³-hybridized carbons (Fsp3) is 0.619. The first-order valence-corrected chi connectivity index (χ1v) is 9.98. The van der Waals surface area contributed by atoms with Gasteiger partial charge < -0.3 is 15.7 Å². The van der Waals surface area contributed by atoms with Gasteiger partial charge in [0.05, 0.1) is 5.92 Å². The van der Waals surface area contributed by atoms with Crippen LogP contribution in [-0.4, -0.2) is 23.0 Å². The van der Waals surface area contributed by atoms with Crippen molar-refractivity contribution in [3.8, 4) is 0 Å². The van der Waals surface area contributed by atoms with Gasteiger partial charge in [0.1, 0.15) is 0 Å². The summed E-state index contributed by atoms with van der Waals surface area (Å²) in [6.45, 7) is 0.746. The molecule has 0 atom stereocenters. The second kappa shape index (κ2) is 9.17. The Morgan fingerprint density at radius 1 is 0.962 bits per heavy atom. The van der Waals surface area contributed by atoms with E-state index in [-0.39, 0.29) is 17.7 Å². The SMILES string of the molecule is O=C(O)C1CCC(NCc2cccc(NC(=O)C3CCCCC3)c2)CC1. The van der Waals surface area contributed by atoms with Crippen LogP contribution in [0.15, 0.2) is 24.3 Å². The van der Waals surface area contributed by atoms with Crippen LogP contribution in [-0.2, 0) is 16.1 Å². The third kappa shape index (κ3) is 5.31. The molecule has 142 valence electrons. The molecule has 0 aromatic heterocycles. The van der Waals surface area contributed by atoms with Crippen LogP contribution in [0.1, 0.15) is 63.4 Å². The molecule has 0 unspecified atom stereocenters. The number of carboxylic acids is 1. The number of hydrogen-bond donors (Lipinski definition) is 3. The molecule has 0 heterocycles. The van der Waals surface area contributed by atoms with Crippen molar-refractivity contribution < 1.29 is 14.7 Å². The normalized spacial score (nSPS) is 24.2. The van der Waals surface area contributed by atoms with Crippen LogP contribution in [0.2, 0.25) is 0 Å². The number of aliphatic carboxylic acids is 1.